The second-order valence-corrected chi connectivity index (χ2v) is 7.62. The van der Waals surface area contributed by atoms with E-state index >= 15 is 0 Å². The van der Waals surface area contributed by atoms with E-state index < -0.39 is 28.5 Å². The van der Waals surface area contributed by atoms with Gasteiger partial charge in [0.2, 0.25) is 10.0 Å². The molecular formula is C18H19FN2O5S. The number of hydrogen-bond donors (Lipinski definition) is 2. The minimum atomic E-state index is -3.48. The largest absolute Gasteiger partial charge is 0.452 e. The number of benzene rings is 2. The summed E-state index contributed by atoms with van der Waals surface area (Å²) in [6.45, 7) is 1.21. The van der Waals surface area contributed by atoms with Crippen molar-refractivity contribution in [3.63, 3.8) is 0 Å². The Morgan fingerprint density at radius 2 is 1.81 bits per heavy atom. The van der Waals surface area contributed by atoms with Gasteiger partial charge < -0.3 is 10.1 Å². The van der Waals surface area contributed by atoms with Gasteiger partial charge >= 0.3 is 5.97 Å². The molecule has 0 aliphatic rings. The molecule has 0 saturated carbocycles. The van der Waals surface area contributed by atoms with Gasteiger partial charge in [0.1, 0.15) is 5.82 Å². The van der Waals surface area contributed by atoms with Crippen molar-refractivity contribution in [3.05, 3.63) is 65.5 Å². The van der Waals surface area contributed by atoms with Crippen molar-refractivity contribution in [1.29, 1.82) is 0 Å². The number of anilines is 1. The molecule has 27 heavy (non-hydrogen) atoms. The van der Waals surface area contributed by atoms with Crippen LogP contribution in [0.4, 0.5) is 10.1 Å². The van der Waals surface area contributed by atoms with Gasteiger partial charge in [0, 0.05) is 5.69 Å². The molecule has 0 aliphatic heterocycles. The van der Waals surface area contributed by atoms with Crippen molar-refractivity contribution in [2.45, 2.75) is 13.0 Å². The summed E-state index contributed by atoms with van der Waals surface area (Å²) in [4.78, 5) is 24.0. The van der Waals surface area contributed by atoms with E-state index in [1.807, 2.05) is 0 Å². The molecule has 2 aromatic rings. The van der Waals surface area contributed by atoms with E-state index in [0.717, 1.165) is 6.26 Å². The predicted octanol–water partition coefficient (Wildman–Crippen LogP) is 2.23. The van der Waals surface area contributed by atoms with Crippen molar-refractivity contribution < 1.29 is 27.1 Å². The van der Waals surface area contributed by atoms with E-state index in [2.05, 4.69) is 10.0 Å². The highest BCUT2D eigenvalue weighted by molar-refractivity contribution is 7.92. The van der Waals surface area contributed by atoms with Crippen LogP contribution in [0.25, 0.3) is 0 Å². The Kier molecular flexibility index (Phi) is 6.51. The summed E-state index contributed by atoms with van der Waals surface area (Å²) in [5, 5.41) is 2.63. The lowest BCUT2D eigenvalue weighted by Crippen LogP contribution is -2.31. The summed E-state index contributed by atoms with van der Waals surface area (Å²) >= 11 is 0. The van der Waals surface area contributed by atoms with Crippen LogP contribution in [0.5, 0.6) is 0 Å². The summed E-state index contributed by atoms with van der Waals surface area (Å²) in [5.74, 6) is -1.67. The zero-order valence-electron chi connectivity index (χ0n) is 14.7. The normalized spacial score (nSPS) is 12.1. The van der Waals surface area contributed by atoms with Gasteiger partial charge in [-0.05, 0) is 42.8 Å². The Morgan fingerprint density at radius 1 is 1.15 bits per heavy atom. The van der Waals surface area contributed by atoms with Gasteiger partial charge in [-0.25, -0.2) is 17.6 Å². The third-order valence-electron chi connectivity index (χ3n) is 3.48. The lowest BCUT2D eigenvalue weighted by Gasteiger charge is -2.14. The summed E-state index contributed by atoms with van der Waals surface area (Å²) in [7, 11) is -3.48. The first-order valence-electron chi connectivity index (χ1n) is 7.94. The first-order valence-corrected chi connectivity index (χ1v) is 9.83. The van der Waals surface area contributed by atoms with E-state index in [0.29, 0.717) is 5.56 Å². The van der Waals surface area contributed by atoms with Crippen molar-refractivity contribution in [3.8, 4) is 0 Å². The van der Waals surface area contributed by atoms with Gasteiger partial charge in [-0.1, -0.05) is 18.2 Å². The Hall–Kier alpha value is -2.94. The van der Waals surface area contributed by atoms with Crippen molar-refractivity contribution in [1.82, 2.24) is 5.32 Å². The number of amides is 1. The fourth-order valence-corrected chi connectivity index (χ4v) is 2.81. The molecule has 0 bridgehead atoms. The predicted molar refractivity (Wildman–Crippen MR) is 98.1 cm³/mol. The highest BCUT2D eigenvalue weighted by Crippen LogP contribution is 2.14. The molecule has 0 heterocycles. The molecule has 1 atom stereocenters. The maximum Gasteiger partial charge on any atom is 0.338 e. The molecule has 2 N–H and O–H groups in total. The maximum atomic E-state index is 12.9. The Labute approximate surface area is 156 Å². The number of carbonyl (C=O) groups is 2. The minimum absolute atomic E-state index is 0.100. The van der Waals surface area contributed by atoms with Crippen LogP contribution in [-0.2, 0) is 19.6 Å². The number of ether oxygens (including phenoxy) is 1. The van der Waals surface area contributed by atoms with E-state index in [4.69, 9.17) is 4.74 Å². The lowest BCUT2D eigenvalue weighted by atomic mass is 10.1. The third kappa shape index (κ3) is 6.70. The number of halogens is 1. The molecule has 0 saturated heterocycles. The number of nitrogens with one attached hydrogen (secondary N) is 2. The zero-order valence-corrected chi connectivity index (χ0v) is 15.5. The van der Waals surface area contributed by atoms with Gasteiger partial charge in [-0.2, -0.15) is 0 Å². The molecule has 7 nitrogen and oxygen atoms in total. The lowest BCUT2D eigenvalue weighted by molar-refractivity contribution is -0.124. The summed E-state index contributed by atoms with van der Waals surface area (Å²) in [6, 6.07) is 11.0. The van der Waals surface area contributed by atoms with Gasteiger partial charge in [-0.3, -0.25) is 9.52 Å². The second kappa shape index (κ2) is 8.63. The van der Waals surface area contributed by atoms with Crippen LogP contribution in [0.1, 0.15) is 28.9 Å². The van der Waals surface area contributed by atoms with E-state index in [-0.39, 0.29) is 23.1 Å². The summed E-state index contributed by atoms with van der Waals surface area (Å²) < 4.78 is 42.6. The Balaban J connectivity index is 1.90. The molecule has 2 rings (SSSR count). The van der Waals surface area contributed by atoms with Gasteiger partial charge in [-0.15, -0.1) is 0 Å². The molecule has 2 aromatic carbocycles. The molecule has 0 radical (unpaired) electrons. The van der Waals surface area contributed by atoms with E-state index in [1.165, 1.54) is 36.4 Å². The van der Waals surface area contributed by atoms with Crippen LogP contribution in [0.15, 0.2) is 48.5 Å². The van der Waals surface area contributed by atoms with Crippen LogP contribution in [0.3, 0.4) is 0 Å². The van der Waals surface area contributed by atoms with Crippen molar-refractivity contribution in [2.75, 3.05) is 17.6 Å². The molecule has 0 spiro atoms. The SMILES string of the molecule is C[C@H](NC(=O)COC(=O)c1cccc(NS(C)(=O)=O)c1)c1ccc(F)cc1. The van der Waals surface area contributed by atoms with Crippen LogP contribution < -0.4 is 10.0 Å². The second-order valence-electron chi connectivity index (χ2n) is 5.87. The van der Waals surface area contributed by atoms with Crippen LogP contribution >= 0.6 is 0 Å². The Morgan fingerprint density at radius 3 is 2.44 bits per heavy atom. The van der Waals surface area contributed by atoms with E-state index in [9.17, 15) is 22.4 Å². The summed E-state index contributed by atoms with van der Waals surface area (Å²) in [6.07, 6.45) is 0.991. The van der Waals surface area contributed by atoms with Crippen molar-refractivity contribution in [2.24, 2.45) is 0 Å². The quantitative estimate of drug-likeness (QED) is 0.702. The zero-order chi connectivity index (χ0) is 20.0. The molecule has 0 fully saturated rings. The number of esters is 1. The van der Waals surface area contributed by atoms with Crippen molar-refractivity contribution >= 4 is 27.6 Å². The standard InChI is InChI=1S/C18H19FN2O5S/c1-12(13-6-8-15(19)9-7-13)20-17(22)11-26-18(23)14-4-3-5-16(10-14)21-27(2,24)25/h3-10,12,21H,11H2,1-2H3,(H,20,22)/t12-/m0/s1. The number of hydrogen-bond acceptors (Lipinski definition) is 5. The first kappa shape index (κ1) is 20.4. The fourth-order valence-electron chi connectivity index (χ4n) is 2.26. The molecule has 1 amide bonds. The number of rotatable bonds is 7. The van der Waals surface area contributed by atoms with Crippen LogP contribution in [-0.4, -0.2) is 33.2 Å². The van der Waals surface area contributed by atoms with Gasteiger partial charge in [0.05, 0.1) is 17.9 Å². The maximum absolute atomic E-state index is 12.9. The number of carbonyl (C=O) groups excluding carboxylic acids is 2. The van der Waals surface area contributed by atoms with Gasteiger partial charge in [0.15, 0.2) is 6.61 Å². The smallest absolute Gasteiger partial charge is 0.338 e. The van der Waals surface area contributed by atoms with Crippen LogP contribution in [0.2, 0.25) is 0 Å². The Bertz CT molecular complexity index is 929. The van der Waals surface area contributed by atoms with Crippen LogP contribution in [0, 0.1) is 5.82 Å². The minimum Gasteiger partial charge on any atom is -0.452 e. The molecule has 144 valence electrons. The molecule has 0 aliphatic carbocycles. The highest BCUT2D eigenvalue weighted by atomic mass is 32.2. The average Bonchev–Trinajstić information content (AvgIpc) is 2.59. The van der Waals surface area contributed by atoms with E-state index in [1.54, 1.807) is 19.1 Å². The molecule has 9 heteroatoms. The molecular weight excluding hydrogens is 375 g/mol. The molecule has 0 unspecified atom stereocenters. The third-order valence-corrected chi connectivity index (χ3v) is 4.09. The fraction of sp³-hybridized carbons (Fsp3) is 0.222. The summed E-state index contributed by atoms with van der Waals surface area (Å²) in [5.41, 5.74) is 1.01. The molecule has 0 aromatic heterocycles. The number of sulfonamides is 1. The topological polar surface area (TPSA) is 102 Å². The highest BCUT2D eigenvalue weighted by Gasteiger charge is 2.14. The first-order chi connectivity index (χ1) is 12.6. The van der Waals surface area contributed by atoms with Gasteiger partial charge in [0.25, 0.3) is 5.91 Å². The average molecular weight is 394 g/mol. The monoisotopic (exact) mass is 394 g/mol.